The lowest BCUT2D eigenvalue weighted by Crippen LogP contribution is -2.54. The number of amides is 1. The van der Waals surface area contributed by atoms with Crippen LogP contribution in [-0.4, -0.2) is 25.0 Å². The number of hydrogen-bond acceptors (Lipinski definition) is 3. The molecule has 2 atom stereocenters. The highest BCUT2D eigenvalue weighted by Crippen LogP contribution is 2.33. The lowest BCUT2D eigenvalue weighted by atomic mass is 9.85. The molecule has 0 spiro atoms. The summed E-state index contributed by atoms with van der Waals surface area (Å²) in [5.74, 6) is 0.777. The van der Waals surface area contributed by atoms with Crippen molar-refractivity contribution in [2.45, 2.75) is 25.3 Å². The number of anilines is 2. The summed E-state index contributed by atoms with van der Waals surface area (Å²) >= 11 is 3.59. The number of nitrogens with zero attached hydrogens (tertiary/aromatic N) is 1. The number of nitrogen functional groups attached to an aromatic ring is 1. The fourth-order valence-electron chi connectivity index (χ4n) is 3.11. The molecule has 1 amide bonds. The van der Waals surface area contributed by atoms with Crippen molar-refractivity contribution in [1.29, 1.82) is 0 Å². The average molecular weight is 324 g/mol. The van der Waals surface area contributed by atoms with Crippen LogP contribution in [0.2, 0.25) is 0 Å². The van der Waals surface area contributed by atoms with Crippen molar-refractivity contribution >= 4 is 33.2 Å². The summed E-state index contributed by atoms with van der Waals surface area (Å²) in [6, 6.07) is 6.32. The Kier molecular flexibility index (Phi) is 3.39. The van der Waals surface area contributed by atoms with E-state index in [9.17, 15) is 4.79 Å². The molecule has 2 saturated heterocycles. The van der Waals surface area contributed by atoms with Gasteiger partial charge >= 0.3 is 0 Å². The van der Waals surface area contributed by atoms with Crippen molar-refractivity contribution in [3.63, 3.8) is 0 Å². The molecule has 3 N–H and O–H groups in total. The first kappa shape index (κ1) is 12.8. The summed E-state index contributed by atoms with van der Waals surface area (Å²) in [7, 11) is 0. The zero-order valence-corrected chi connectivity index (χ0v) is 12.3. The first-order valence-corrected chi connectivity index (χ1v) is 7.52. The molecule has 0 aromatic heterocycles. The Bertz CT molecular complexity index is 505. The van der Waals surface area contributed by atoms with E-state index in [1.165, 1.54) is 5.69 Å². The zero-order chi connectivity index (χ0) is 13.4. The Morgan fingerprint density at radius 2 is 2.21 bits per heavy atom. The van der Waals surface area contributed by atoms with Crippen LogP contribution in [0.25, 0.3) is 0 Å². The number of halogens is 1. The Morgan fingerprint density at radius 1 is 1.37 bits per heavy atom. The van der Waals surface area contributed by atoms with Gasteiger partial charge in [-0.05, 0) is 52.9 Å². The van der Waals surface area contributed by atoms with Gasteiger partial charge in [-0.15, -0.1) is 0 Å². The van der Waals surface area contributed by atoms with Crippen LogP contribution in [0.4, 0.5) is 11.4 Å². The molecule has 4 nitrogen and oxygen atoms in total. The van der Waals surface area contributed by atoms with Crippen LogP contribution in [0.3, 0.4) is 0 Å². The predicted molar refractivity (Wildman–Crippen MR) is 80.0 cm³/mol. The second-order valence-corrected chi connectivity index (χ2v) is 6.27. The van der Waals surface area contributed by atoms with E-state index in [1.807, 2.05) is 12.1 Å². The van der Waals surface area contributed by atoms with Gasteiger partial charge in [0.2, 0.25) is 5.91 Å². The minimum Gasteiger partial charge on any atom is -0.399 e. The van der Waals surface area contributed by atoms with Gasteiger partial charge in [0.1, 0.15) is 0 Å². The molecule has 2 heterocycles. The van der Waals surface area contributed by atoms with E-state index in [0.29, 0.717) is 18.4 Å². The maximum atomic E-state index is 11.4. The third kappa shape index (κ3) is 2.56. The normalized spacial score (nSPS) is 26.8. The third-order valence-electron chi connectivity index (χ3n) is 4.13. The van der Waals surface area contributed by atoms with Crippen molar-refractivity contribution in [1.82, 2.24) is 5.32 Å². The monoisotopic (exact) mass is 323 g/mol. The molecule has 19 heavy (non-hydrogen) atoms. The summed E-state index contributed by atoms with van der Waals surface area (Å²) in [6.45, 7) is 1.98. The molecule has 5 heteroatoms. The van der Waals surface area contributed by atoms with Crippen LogP contribution in [0, 0.1) is 5.92 Å². The second kappa shape index (κ2) is 5.04. The number of hydrogen-bond donors (Lipinski definition) is 2. The van der Waals surface area contributed by atoms with Crippen LogP contribution in [-0.2, 0) is 4.79 Å². The van der Waals surface area contributed by atoms with Gasteiger partial charge in [0.25, 0.3) is 0 Å². The van der Waals surface area contributed by atoms with Gasteiger partial charge in [-0.1, -0.05) is 0 Å². The van der Waals surface area contributed by atoms with Gasteiger partial charge in [-0.2, -0.15) is 0 Å². The van der Waals surface area contributed by atoms with E-state index in [0.717, 1.165) is 36.1 Å². The van der Waals surface area contributed by atoms with E-state index in [1.54, 1.807) is 0 Å². The predicted octanol–water partition coefficient (Wildman–Crippen LogP) is 2.14. The molecule has 3 rings (SSSR count). The van der Waals surface area contributed by atoms with E-state index in [2.05, 4.69) is 32.2 Å². The van der Waals surface area contributed by atoms with Gasteiger partial charge in [0.15, 0.2) is 0 Å². The van der Waals surface area contributed by atoms with Crippen LogP contribution in [0.1, 0.15) is 19.3 Å². The first-order valence-electron chi connectivity index (χ1n) is 6.73. The number of rotatable bonds is 1. The molecule has 0 radical (unpaired) electrons. The van der Waals surface area contributed by atoms with E-state index in [-0.39, 0.29) is 5.91 Å². The van der Waals surface area contributed by atoms with Crippen LogP contribution >= 0.6 is 15.9 Å². The van der Waals surface area contributed by atoms with Crippen molar-refractivity contribution in [2.24, 2.45) is 5.92 Å². The molecule has 1 aromatic carbocycles. The number of carbonyl (C=O) groups excluding carboxylic acids is 1. The van der Waals surface area contributed by atoms with Gasteiger partial charge in [-0.3, -0.25) is 4.79 Å². The Hall–Kier alpha value is -1.23. The molecule has 102 valence electrons. The molecule has 0 saturated carbocycles. The molecular formula is C14H18BrN3O. The van der Waals surface area contributed by atoms with Crippen LogP contribution in [0.15, 0.2) is 22.7 Å². The number of carbonyl (C=O) groups is 1. The Balaban J connectivity index is 1.76. The SMILES string of the molecule is Nc1ccc(N2CCC3NC(=O)CCC3C2)c(Br)c1. The lowest BCUT2D eigenvalue weighted by Gasteiger charge is -2.42. The number of fused-ring (bicyclic) bond motifs is 1. The zero-order valence-electron chi connectivity index (χ0n) is 10.7. The van der Waals surface area contributed by atoms with E-state index >= 15 is 0 Å². The van der Waals surface area contributed by atoms with Crippen molar-refractivity contribution < 1.29 is 4.79 Å². The molecule has 1 aromatic rings. The smallest absolute Gasteiger partial charge is 0.220 e. The van der Waals surface area contributed by atoms with Crippen molar-refractivity contribution in [2.75, 3.05) is 23.7 Å². The third-order valence-corrected chi connectivity index (χ3v) is 4.77. The van der Waals surface area contributed by atoms with Gasteiger partial charge in [0, 0.05) is 35.7 Å². The highest BCUT2D eigenvalue weighted by molar-refractivity contribution is 9.10. The van der Waals surface area contributed by atoms with Crippen molar-refractivity contribution in [3.05, 3.63) is 22.7 Å². The summed E-state index contributed by atoms with van der Waals surface area (Å²) in [4.78, 5) is 13.8. The average Bonchev–Trinajstić information content (AvgIpc) is 2.38. The van der Waals surface area contributed by atoms with E-state index in [4.69, 9.17) is 5.73 Å². The molecule has 2 unspecified atom stereocenters. The molecule has 2 aliphatic rings. The molecule has 2 aliphatic heterocycles. The van der Waals surface area contributed by atoms with Gasteiger partial charge < -0.3 is 16.0 Å². The minimum atomic E-state index is 0.211. The highest BCUT2D eigenvalue weighted by atomic mass is 79.9. The largest absolute Gasteiger partial charge is 0.399 e. The number of piperidine rings is 2. The molecule has 0 aliphatic carbocycles. The molecular weight excluding hydrogens is 306 g/mol. The fraction of sp³-hybridized carbons (Fsp3) is 0.500. The fourth-order valence-corrected chi connectivity index (χ4v) is 3.76. The summed E-state index contributed by atoms with van der Waals surface area (Å²) in [5.41, 5.74) is 7.75. The summed E-state index contributed by atoms with van der Waals surface area (Å²) in [6.07, 6.45) is 2.69. The lowest BCUT2D eigenvalue weighted by molar-refractivity contribution is -0.124. The quantitative estimate of drug-likeness (QED) is 0.778. The minimum absolute atomic E-state index is 0.211. The standard InChI is InChI=1S/C14H18BrN3O/c15-11-7-10(16)2-3-13(11)18-6-5-12-9(8-18)1-4-14(19)17-12/h2-3,7,9,12H,1,4-6,8,16H2,(H,17,19). The number of benzene rings is 1. The molecule has 0 bridgehead atoms. The maximum Gasteiger partial charge on any atom is 0.220 e. The second-order valence-electron chi connectivity index (χ2n) is 5.42. The molecule has 2 fully saturated rings. The van der Waals surface area contributed by atoms with Gasteiger partial charge in [-0.25, -0.2) is 0 Å². The van der Waals surface area contributed by atoms with Crippen molar-refractivity contribution in [3.8, 4) is 0 Å². The topological polar surface area (TPSA) is 58.4 Å². The van der Waals surface area contributed by atoms with Gasteiger partial charge in [0.05, 0.1) is 5.69 Å². The Morgan fingerprint density at radius 3 is 3.00 bits per heavy atom. The summed E-state index contributed by atoms with van der Waals surface area (Å²) in [5, 5.41) is 3.12. The van der Waals surface area contributed by atoms with E-state index < -0.39 is 0 Å². The van der Waals surface area contributed by atoms with Crippen LogP contribution < -0.4 is 16.0 Å². The number of nitrogens with two attached hydrogens (primary N) is 1. The Labute approximate surface area is 121 Å². The van der Waals surface area contributed by atoms with Crippen LogP contribution in [0.5, 0.6) is 0 Å². The highest BCUT2D eigenvalue weighted by Gasteiger charge is 2.34. The maximum absolute atomic E-state index is 11.4. The first-order chi connectivity index (χ1) is 9.13. The summed E-state index contributed by atoms with van der Waals surface area (Å²) < 4.78 is 1.05. The number of nitrogens with one attached hydrogen (secondary N) is 1.